The molecule has 0 N–H and O–H groups in total. The van der Waals surface area contributed by atoms with Gasteiger partial charge >= 0.3 is 23.9 Å². The van der Waals surface area contributed by atoms with Crippen molar-refractivity contribution < 1.29 is 57.1 Å². The van der Waals surface area contributed by atoms with E-state index >= 15 is 0 Å². The molecule has 0 aromatic heterocycles. The maximum absolute atomic E-state index is 12.7. The maximum atomic E-state index is 12.7. The van der Waals surface area contributed by atoms with E-state index in [0.29, 0.717) is 0 Å². The van der Waals surface area contributed by atoms with Crippen LogP contribution in [0.1, 0.15) is 6.42 Å². The molecular weight excluding hydrogens is 343 g/mol. The van der Waals surface area contributed by atoms with Crippen LogP contribution >= 0.6 is 0 Å². The number of alkyl halides is 11. The maximum Gasteiger partial charge on any atom is 0.460 e. The number of halogens is 13. The summed E-state index contributed by atoms with van der Waals surface area (Å²) in [6.07, 6.45) is -15.7. The van der Waals surface area contributed by atoms with Gasteiger partial charge in [0.05, 0.1) is 6.42 Å². The average Bonchev–Trinajstić information content (AvgIpc) is 2.10. The van der Waals surface area contributed by atoms with Crippen molar-refractivity contribution in [1.29, 1.82) is 0 Å². The molecule has 0 aromatic carbocycles. The fraction of sp³-hybridized carbons (Fsp3) is 0.750. The van der Waals surface area contributed by atoms with Crippen LogP contribution in [0.2, 0.25) is 0 Å². The van der Waals surface area contributed by atoms with E-state index in [0.717, 1.165) is 0 Å². The Labute approximate surface area is 107 Å². The van der Waals surface area contributed by atoms with Crippen molar-refractivity contribution >= 4 is 0 Å². The van der Waals surface area contributed by atoms with E-state index in [9.17, 15) is 57.1 Å². The monoisotopic (exact) mass is 346 g/mol. The Hall–Kier alpha value is -1.17. The summed E-state index contributed by atoms with van der Waals surface area (Å²) >= 11 is 0. The van der Waals surface area contributed by atoms with Crippen LogP contribution in [-0.2, 0) is 0 Å². The summed E-state index contributed by atoms with van der Waals surface area (Å²) in [7, 11) is 0. The number of hydrogen-bond donors (Lipinski definition) is 0. The third-order valence-electron chi connectivity index (χ3n) is 1.99. The third-order valence-corrected chi connectivity index (χ3v) is 1.99. The van der Waals surface area contributed by atoms with Gasteiger partial charge in [0, 0.05) is 6.08 Å². The first-order valence-electron chi connectivity index (χ1n) is 4.49. The Bertz CT molecular complexity index is 397. The quantitative estimate of drug-likeness (QED) is 0.596. The molecule has 21 heavy (non-hydrogen) atoms. The Kier molecular flexibility index (Phi) is 4.94. The van der Waals surface area contributed by atoms with Gasteiger partial charge < -0.3 is 0 Å². The summed E-state index contributed by atoms with van der Waals surface area (Å²) < 4.78 is 158. The molecule has 0 unspecified atom stereocenters. The van der Waals surface area contributed by atoms with Crippen LogP contribution in [0.5, 0.6) is 0 Å². The minimum absolute atomic E-state index is 1.57. The minimum Gasteiger partial charge on any atom is -0.202 e. The molecule has 0 saturated heterocycles. The molecule has 0 saturated carbocycles. The van der Waals surface area contributed by atoms with Crippen molar-refractivity contribution in [3.63, 3.8) is 0 Å². The second-order valence-corrected chi connectivity index (χ2v) is 3.72. The number of hydrogen-bond acceptors (Lipinski definition) is 0. The zero-order valence-corrected chi connectivity index (χ0v) is 9.20. The lowest BCUT2D eigenvalue weighted by atomic mass is 9.98. The van der Waals surface area contributed by atoms with Crippen molar-refractivity contribution in [3.05, 3.63) is 12.2 Å². The zero-order valence-electron chi connectivity index (χ0n) is 9.20. The molecule has 0 amide bonds. The summed E-state index contributed by atoms with van der Waals surface area (Å²) in [5.74, 6) is -26.7. The lowest BCUT2D eigenvalue weighted by Crippen LogP contribution is -2.61. The van der Waals surface area contributed by atoms with E-state index in [1.54, 1.807) is 0 Å². The highest BCUT2D eigenvalue weighted by Crippen LogP contribution is 2.55. The van der Waals surface area contributed by atoms with E-state index in [4.69, 9.17) is 0 Å². The van der Waals surface area contributed by atoms with Crippen LogP contribution in [0.3, 0.4) is 0 Å². The first-order chi connectivity index (χ1) is 8.87. The largest absolute Gasteiger partial charge is 0.460 e. The van der Waals surface area contributed by atoms with Crippen molar-refractivity contribution in [2.24, 2.45) is 0 Å². The summed E-state index contributed by atoms with van der Waals surface area (Å²) in [6, 6.07) is 0. The SMILES string of the molecule is FC(F)=CC(F)(F)CC(F)(F)C(F)(F)C(F)(F)C(F)(F)F. The smallest absolute Gasteiger partial charge is 0.202 e. The van der Waals surface area contributed by atoms with E-state index in [2.05, 4.69) is 0 Å². The summed E-state index contributed by atoms with van der Waals surface area (Å²) in [5, 5.41) is 0. The molecule has 0 radical (unpaired) electrons. The van der Waals surface area contributed by atoms with Crippen LogP contribution in [0, 0.1) is 0 Å². The van der Waals surface area contributed by atoms with Crippen molar-refractivity contribution in [2.75, 3.05) is 0 Å². The summed E-state index contributed by atoms with van der Waals surface area (Å²) in [4.78, 5) is 0. The Morgan fingerprint density at radius 2 is 1.05 bits per heavy atom. The lowest BCUT2D eigenvalue weighted by molar-refractivity contribution is -0.400. The number of allylic oxidation sites excluding steroid dienone is 1. The van der Waals surface area contributed by atoms with Gasteiger partial charge in [0.25, 0.3) is 12.0 Å². The van der Waals surface area contributed by atoms with Gasteiger partial charge in [-0.25, -0.2) is 8.78 Å². The second kappa shape index (κ2) is 5.23. The van der Waals surface area contributed by atoms with Gasteiger partial charge in [-0.1, -0.05) is 0 Å². The predicted octanol–water partition coefficient (Wildman–Crippen LogP) is 5.26. The Morgan fingerprint density at radius 1 is 0.667 bits per heavy atom. The molecule has 0 aliphatic carbocycles. The fourth-order valence-electron chi connectivity index (χ4n) is 1.03. The minimum atomic E-state index is -7.35. The molecule has 126 valence electrons. The van der Waals surface area contributed by atoms with Gasteiger partial charge in [-0.3, -0.25) is 0 Å². The Balaban J connectivity index is 5.65. The Morgan fingerprint density at radius 3 is 1.33 bits per heavy atom. The van der Waals surface area contributed by atoms with Gasteiger partial charge in [0.2, 0.25) is 0 Å². The van der Waals surface area contributed by atoms with Crippen molar-refractivity contribution in [1.82, 2.24) is 0 Å². The van der Waals surface area contributed by atoms with Gasteiger partial charge in [-0.05, 0) is 0 Å². The molecule has 0 heterocycles. The first-order valence-corrected chi connectivity index (χ1v) is 4.49. The summed E-state index contributed by atoms with van der Waals surface area (Å²) in [6.45, 7) is 0. The molecule has 0 aromatic rings. The second-order valence-electron chi connectivity index (χ2n) is 3.72. The molecule has 0 fully saturated rings. The van der Waals surface area contributed by atoms with Crippen LogP contribution in [-0.4, -0.2) is 29.9 Å². The molecule has 0 rings (SSSR count). The van der Waals surface area contributed by atoms with Gasteiger partial charge in [-0.2, -0.15) is 48.3 Å². The first kappa shape index (κ1) is 19.8. The molecular formula is C8H3F13. The standard InChI is InChI=1S/C8H3F13/c9-3(10)1-4(11,12)2-5(13,14)6(15,16)7(17,18)8(19,20)21/h1H,2H2. The van der Waals surface area contributed by atoms with Gasteiger partial charge in [0.1, 0.15) is 0 Å². The summed E-state index contributed by atoms with van der Waals surface area (Å²) in [5.41, 5.74) is 0. The highest BCUT2D eigenvalue weighted by molar-refractivity contribution is 5.05. The zero-order chi connectivity index (χ0) is 17.5. The van der Waals surface area contributed by atoms with Crippen molar-refractivity contribution in [2.45, 2.75) is 36.3 Å². The molecule has 0 nitrogen and oxygen atoms in total. The topological polar surface area (TPSA) is 0 Å². The molecule has 0 spiro atoms. The van der Waals surface area contributed by atoms with Gasteiger partial charge in [-0.15, -0.1) is 0 Å². The molecule has 0 atom stereocenters. The molecule has 0 bridgehead atoms. The average molecular weight is 346 g/mol. The highest BCUT2D eigenvalue weighted by Gasteiger charge is 2.82. The van der Waals surface area contributed by atoms with Crippen molar-refractivity contribution in [3.8, 4) is 0 Å². The van der Waals surface area contributed by atoms with E-state index < -0.39 is 48.4 Å². The third kappa shape index (κ3) is 3.93. The van der Waals surface area contributed by atoms with Crippen LogP contribution in [0.25, 0.3) is 0 Å². The van der Waals surface area contributed by atoms with E-state index in [1.165, 1.54) is 0 Å². The predicted molar refractivity (Wildman–Crippen MR) is 40.8 cm³/mol. The lowest BCUT2D eigenvalue weighted by Gasteiger charge is -2.34. The highest BCUT2D eigenvalue weighted by atomic mass is 19.4. The van der Waals surface area contributed by atoms with Crippen LogP contribution in [0.15, 0.2) is 12.2 Å². The molecule has 0 aliphatic rings. The van der Waals surface area contributed by atoms with E-state index in [1.807, 2.05) is 0 Å². The molecule has 0 aliphatic heterocycles. The normalized spacial score (nSPS) is 15.1. The van der Waals surface area contributed by atoms with Crippen LogP contribution in [0.4, 0.5) is 57.1 Å². The van der Waals surface area contributed by atoms with E-state index in [-0.39, 0.29) is 0 Å². The molecule has 13 heteroatoms. The van der Waals surface area contributed by atoms with Crippen LogP contribution < -0.4 is 0 Å². The number of rotatable bonds is 5. The van der Waals surface area contributed by atoms with Gasteiger partial charge in [0.15, 0.2) is 0 Å². The fourth-order valence-corrected chi connectivity index (χ4v) is 1.03.